The van der Waals surface area contributed by atoms with E-state index in [-0.39, 0.29) is 29.7 Å². The highest BCUT2D eigenvalue weighted by atomic mass is 35.5. The lowest BCUT2D eigenvalue weighted by atomic mass is 10.3. The lowest BCUT2D eigenvalue weighted by Crippen LogP contribution is -2.38. The number of para-hydroxylation sites is 1. The average Bonchev–Trinajstić information content (AvgIpc) is 2.92. The predicted molar refractivity (Wildman–Crippen MR) is 105 cm³/mol. The number of thiazole rings is 1. The number of hydrogen-bond acceptors (Lipinski definition) is 4. The SMILES string of the molecule is CCN(CC(=O)Nc1c(Cl)cccc1Cl)C(=O)CCn1c(C)csc1=O. The first kappa shape index (κ1) is 20.5. The molecule has 0 atom stereocenters. The number of aryl methyl sites for hydroxylation is 1. The van der Waals surface area contributed by atoms with Gasteiger partial charge in [0.15, 0.2) is 0 Å². The van der Waals surface area contributed by atoms with Gasteiger partial charge >= 0.3 is 4.87 Å². The molecule has 0 saturated heterocycles. The normalized spacial score (nSPS) is 10.6. The van der Waals surface area contributed by atoms with Gasteiger partial charge in [-0.2, -0.15) is 0 Å². The summed E-state index contributed by atoms with van der Waals surface area (Å²) >= 11 is 13.2. The van der Waals surface area contributed by atoms with Gasteiger partial charge in [0.1, 0.15) is 0 Å². The zero-order chi connectivity index (χ0) is 19.3. The fourth-order valence-electron chi connectivity index (χ4n) is 2.39. The van der Waals surface area contributed by atoms with Crippen LogP contribution in [-0.4, -0.2) is 34.4 Å². The third kappa shape index (κ3) is 5.09. The molecule has 0 aliphatic rings. The summed E-state index contributed by atoms with van der Waals surface area (Å²) < 4.78 is 1.56. The minimum absolute atomic E-state index is 0.0931. The van der Waals surface area contributed by atoms with Crippen LogP contribution in [0.5, 0.6) is 0 Å². The molecule has 0 saturated carbocycles. The van der Waals surface area contributed by atoms with Gasteiger partial charge < -0.3 is 14.8 Å². The van der Waals surface area contributed by atoms with Gasteiger partial charge in [-0.15, -0.1) is 0 Å². The Morgan fingerprint density at radius 3 is 2.46 bits per heavy atom. The van der Waals surface area contributed by atoms with Gasteiger partial charge in [0, 0.05) is 30.6 Å². The number of amides is 2. The van der Waals surface area contributed by atoms with E-state index in [1.54, 1.807) is 35.1 Å². The van der Waals surface area contributed by atoms with E-state index in [9.17, 15) is 14.4 Å². The number of hydrogen-bond donors (Lipinski definition) is 1. The van der Waals surface area contributed by atoms with Crippen molar-refractivity contribution in [3.63, 3.8) is 0 Å². The van der Waals surface area contributed by atoms with Crippen LogP contribution in [-0.2, 0) is 16.1 Å². The van der Waals surface area contributed by atoms with Gasteiger partial charge in [-0.05, 0) is 26.0 Å². The summed E-state index contributed by atoms with van der Waals surface area (Å²) in [5, 5.41) is 5.04. The Morgan fingerprint density at radius 1 is 1.27 bits per heavy atom. The minimum Gasteiger partial charge on any atom is -0.334 e. The molecule has 2 amide bonds. The number of carbonyl (C=O) groups excluding carboxylic acids is 2. The number of likely N-dealkylation sites (N-methyl/N-ethyl adjacent to an activating group) is 1. The van der Waals surface area contributed by atoms with Crippen molar-refractivity contribution >= 4 is 52.0 Å². The maximum absolute atomic E-state index is 12.4. The largest absolute Gasteiger partial charge is 0.334 e. The molecule has 140 valence electrons. The third-order valence-electron chi connectivity index (χ3n) is 3.82. The Kier molecular flexibility index (Phi) is 7.25. The molecule has 2 rings (SSSR count). The molecule has 0 radical (unpaired) electrons. The van der Waals surface area contributed by atoms with Crippen LogP contribution < -0.4 is 10.2 Å². The van der Waals surface area contributed by atoms with Crippen molar-refractivity contribution in [3.8, 4) is 0 Å². The number of benzene rings is 1. The highest BCUT2D eigenvalue weighted by molar-refractivity contribution is 7.07. The van der Waals surface area contributed by atoms with E-state index in [0.29, 0.717) is 28.8 Å². The second-order valence-electron chi connectivity index (χ2n) is 5.60. The molecular formula is C17H19Cl2N3O3S. The number of halogens is 2. The highest BCUT2D eigenvalue weighted by Gasteiger charge is 2.18. The Balaban J connectivity index is 1.96. The highest BCUT2D eigenvalue weighted by Crippen LogP contribution is 2.29. The summed E-state index contributed by atoms with van der Waals surface area (Å²) in [5.41, 5.74) is 1.15. The van der Waals surface area contributed by atoms with Gasteiger partial charge in [0.25, 0.3) is 0 Å². The minimum atomic E-state index is -0.390. The van der Waals surface area contributed by atoms with Crippen LogP contribution in [0.2, 0.25) is 10.0 Å². The van der Waals surface area contributed by atoms with Crippen molar-refractivity contribution in [1.29, 1.82) is 0 Å². The third-order valence-corrected chi connectivity index (χ3v) is 5.33. The molecular weight excluding hydrogens is 397 g/mol. The van der Waals surface area contributed by atoms with Crippen LogP contribution in [0.4, 0.5) is 5.69 Å². The molecule has 9 heteroatoms. The van der Waals surface area contributed by atoms with Crippen LogP contribution in [0.3, 0.4) is 0 Å². The first-order chi connectivity index (χ1) is 12.3. The predicted octanol–water partition coefficient (Wildman–Crippen LogP) is 3.40. The molecule has 0 bridgehead atoms. The molecule has 6 nitrogen and oxygen atoms in total. The Bertz CT molecular complexity index is 843. The van der Waals surface area contributed by atoms with Crippen LogP contribution in [0.25, 0.3) is 0 Å². The first-order valence-corrected chi connectivity index (χ1v) is 9.63. The summed E-state index contributed by atoms with van der Waals surface area (Å²) in [6.45, 7) is 4.16. The van der Waals surface area contributed by atoms with Crippen LogP contribution in [0.15, 0.2) is 28.4 Å². The van der Waals surface area contributed by atoms with Crippen molar-refractivity contribution in [2.75, 3.05) is 18.4 Å². The summed E-state index contributed by atoms with van der Waals surface area (Å²) in [6.07, 6.45) is 0.144. The van der Waals surface area contributed by atoms with Gasteiger partial charge in [-0.25, -0.2) is 0 Å². The second kappa shape index (κ2) is 9.21. The molecule has 0 aliphatic carbocycles. The molecule has 1 aromatic heterocycles. The van der Waals surface area contributed by atoms with E-state index in [4.69, 9.17) is 23.2 Å². The monoisotopic (exact) mass is 415 g/mol. The number of aromatic nitrogens is 1. The number of rotatable bonds is 7. The van der Waals surface area contributed by atoms with E-state index in [2.05, 4.69) is 5.32 Å². The van der Waals surface area contributed by atoms with E-state index >= 15 is 0 Å². The molecule has 0 aliphatic heterocycles. The van der Waals surface area contributed by atoms with Crippen LogP contribution in [0.1, 0.15) is 19.0 Å². The summed E-state index contributed by atoms with van der Waals surface area (Å²) in [4.78, 5) is 37.7. The Hall–Kier alpha value is -1.83. The van der Waals surface area contributed by atoms with Gasteiger partial charge in [-0.3, -0.25) is 14.4 Å². The molecule has 1 heterocycles. The van der Waals surface area contributed by atoms with E-state index in [1.165, 1.54) is 4.90 Å². The first-order valence-electron chi connectivity index (χ1n) is 8.00. The van der Waals surface area contributed by atoms with Crippen molar-refractivity contribution in [2.24, 2.45) is 0 Å². The second-order valence-corrected chi connectivity index (χ2v) is 7.23. The molecule has 2 aromatic rings. The fourth-order valence-corrected chi connectivity index (χ4v) is 3.64. The Morgan fingerprint density at radius 2 is 1.92 bits per heavy atom. The topological polar surface area (TPSA) is 71.4 Å². The van der Waals surface area contributed by atoms with Crippen molar-refractivity contribution < 1.29 is 9.59 Å². The lowest BCUT2D eigenvalue weighted by molar-refractivity contribution is -0.134. The summed E-state index contributed by atoms with van der Waals surface area (Å²) in [6, 6.07) is 4.91. The van der Waals surface area contributed by atoms with Crippen LogP contribution >= 0.6 is 34.5 Å². The number of nitrogens with one attached hydrogen (secondary N) is 1. The van der Waals surface area contributed by atoms with E-state index < -0.39 is 0 Å². The van der Waals surface area contributed by atoms with Gasteiger partial charge in [0.05, 0.1) is 22.3 Å². The number of carbonyl (C=O) groups is 2. The molecule has 0 spiro atoms. The molecule has 0 unspecified atom stereocenters. The van der Waals surface area contributed by atoms with Gasteiger partial charge in [0.2, 0.25) is 11.8 Å². The number of nitrogens with zero attached hydrogens (tertiary/aromatic N) is 2. The summed E-state index contributed by atoms with van der Waals surface area (Å²) in [5.74, 6) is -0.593. The van der Waals surface area contributed by atoms with Crippen molar-refractivity contribution in [3.05, 3.63) is 49.0 Å². The quantitative estimate of drug-likeness (QED) is 0.752. The standard InChI is InChI=1S/C17H19Cl2N3O3S/c1-3-21(15(24)7-8-22-11(2)10-26-17(22)25)9-14(23)20-16-12(18)5-4-6-13(16)19/h4-6,10H,3,7-9H2,1-2H3,(H,20,23). The zero-order valence-electron chi connectivity index (χ0n) is 14.4. The molecule has 26 heavy (non-hydrogen) atoms. The summed E-state index contributed by atoms with van der Waals surface area (Å²) in [7, 11) is 0. The van der Waals surface area contributed by atoms with Gasteiger partial charge in [-0.1, -0.05) is 40.6 Å². The van der Waals surface area contributed by atoms with Crippen LogP contribution in [0, 0.1) is 6.92 Å². The lowest BCUT2D eigenvalue weighted by Gasteiger charge is -2.21. The zero-order valence-corrected chi connectivity index (χ0v) is 16.7. The fraction of sp³-hybridized carbons (Fsp3) is 0.353. The van der Waals surface area contributed by atoms with E-state index in [0.717, 1.165) is 17.0 Å². The maximum atomic E-state index is 12.4. The average molecular weight is 416 g/mol. The van der Waals surface area contributed by atoms with Crippen molar-refractivity contribution in [1.82, 2.24) is 9.47 Å². The van der Waals surface area contributed by atoms with Crippen molar-refractivity contribution in [2.45, 2.75) is 26.8 Å². The molecule has 0 fully saturated rings. The maximum Gasteiger partial charge on any atom is 0.307 e. The smallest absolute Gasteiger partial charge is 0.307 e. The number of anilines is 1. The molecule has 1 aromatic carbocycles. The molecule has 1 N–H and O–H groups in total. The Labute approximate surface area is 165 Å². The van der Waals surface area contributed by atoms with E-state index in [1.807, 2.05) is 6.92 Å².